The first-order chi connectivity index (χ1) is 9.13. The zero-order chi connectivity index (χ0) is 15.1. The van der Waals surface area contributed by atoms with Crippen molar-refractivity contribution in [3.63, 3.8) is 0 Å². The monoisotopic (exact) mass is 324 g/mol. The van der Waals surface area contributed by atoms with Gasteiger partial charge in [-0.2, -0.15) is 0 Å². The van der Waals surface area contributed by atoms with Crippen molar-refractivity contribution < 1.29 is 4.74 Å². The summed E-state index contributed by atoms with van der Waals surface area (Å²) >= 11 is 3.28. The van der Waals surface area contributed by atoms with Crippen LogP contribution in [0.3, 0.4) is 0 Å². The van der Waals surface area contributed by atoms with E-state index in [0.717, 1.165) is 10.3 Å². The highest BCUT2D eigenvalue weighted by molar-refractivity contribution is 9.10. The van der Waals surface area contributed by atoms with Gasteiger partial charge in [0, 0.05) is 6.21 Å². The minimum absolute atomic E-state index is 0.463. The molecule has 0 aromatic carbocycles. The molecule has 0 spiro atoms. The maximum absolute atomic E-state index is 4.87. The highest BCUT2D eigenvalue weighted by atomic mass is 79.9. The zero-order valence-electron chi connectivity index (χ0n) is 11.8. The van der Waals surface area contributed by atoms with E-state index in [0.29, 0.717) is 12.3 Å². The van der Waals surface area contributed by atoms with E-state index in [1.54, 1.807) is 13.3 Å². The summed E-state index contributed by atoms with van der Waals surface area (Å²) in [6.45, 7) is 8.37. The molecule has 0 bridgehead atoms. The standard InChI is InChI=1S/C10H11BrN2O.C3H8.C2H2/c1-8(14-2)6-12-7-9-4-3-5-10(11)13-9;1-3-2;1-2/h3-5,7H,1,6H2,2H3;3H2,1-2H3;1-2H. The Balaban J connectivity index is 0. The van der Waals surface area contributed by atoms with Crippen LogP contribution in [0.15, 0.2) is 40.1 Å². The Morgan fingerprint density at radius 1 is 1.47 bits per heavy atom. The van der Waals surface area contributed by atoms with Gasteiger partial charge in [-0.3, -0.25) is 4.99 Å². The van der Waals surface area contributed by atoms with Crippen molar-refractivity contribution in [2.24, 2.45) is 4.99 Å². The smallest absolute Gasteiger partial charge is 0.110 e. The molecule has 1 aromatic heterocycles. The van der Waals surface area contributed by atoms with Crippen LogP contribution in [0.2, 0.25) is 0 Å². The normalized spacial score (nSPS) is 8.74. The quantitative estimate of drug-likeness (QED) is 0.362. The predicted molar refractivity (Wildman–Crippen MR) is 86.4 cm³/mol. The van der Waals surface area contributed by atoms with Gasteiger partial charge in [0.1, 0.15) is 10.4 Å². The summed E-state index contributed by atoms with van der Waals surface area (Å²) in [7, 11) is 1.58. The molecule has 0 fully saturated rings. The Labute approximate surface area is 124 Å². The van der Waals surface area contributed by atoms with Crippen molar-refractivity contribution in [1.29, 1.82) is 0 Å². The second kappa shape index (κ2) is 14.5. The third kappa shape index (κ3) is 12.6. The lowest BCUT2D eigenvalue weighted by Crippen LogP contribution is -1.92. The van der Waals surface area contributed by atoms with Crippen LogP contribution in [0.25, 0.3) is 0 Å². The van der Waals surface area contributed by atoms with Crippen molar-refractivity contribution >= 4 is 22.1 Å². The van der Waals surface area contributed by atoms with Crippen LogP contribution in [-0.2, 0) is 4.74 Å². The van der Waals surface area contributed by atoms with Gasteiger partial charge < -0.3 is 4.74 Å². The second-order valence-electron chi connectivity index (χ2n) is 3.30. The summed E-state index contributed by atoms with van der Waals surface area (Å²) in [6, 6.07) is 5.65. The van der Waals surface area contributed by atoms with Crippen molar-refractivity contribution in [2.75, 3.05) is 13.7 Å². The van der Waals surface area contributed by atoms with Crippen molar-refractivity contribution in [2.45, 2.75) is 20.3 Å². The van der Waals surface area contributed by atoms with Gasteiger partial charge in [0.15, 0.2) is 0 Å². The SMILES string of the molecule is C#C.C=C(CN=Cc1cccc(Br)n1)OC.CCC. The Hall–Kier alpha value is -1.60. The van der Waals surface area contributed by atoms with E-state index in [4.69, 9.17) is 4.74 Å². The Morgan fingerprint density at radius 3 is 2.53 bits per heavy atom. The maximum Gasteiger partial charge on any atom is 0.110 e. The minimum atomic E-state index is 0.463. The van der Waals surface area contributed by atoms with Gasteiger partial charge in [-0.1, -0.05) is 32.9 Å². The van der Waals surface area contributed by atoms with Gasteiger partial charge in [0.2, 0.25) is 0 Å². The summed E-state index contributed by atoms with van der Waals surface area (Å²) in [5.41, 5.74) is 0.809. The summed E-state index contributed by atoms with van der Waals surface area (Å²) in [4.78, 5) is 8.31. The molecule has 1 heterocycles. The first-order valence-corrected chi connectivity index (χ1v) is 6.60. The molecule has 19 heavy (non-hydrogen) atoms. The lowest BCUT2D eigenvalue weighted by Gasteiger charge is -1.98. The fourth-order valence-corrected chi connectivity index (χ4v) is 1.16. The molecule has 0 aliphatic rings. The Kier molecular flexibility index (Phi) is 15.0. The third-order valence-electron chi connectivity index (χ3n) is 1.52. The van der Waals surface area contributed by atoms with E-state index >= 15 is 0 Å². The molecule has 104 valence electrons. The first kappa shape index (κ1) is 19.7. The summed E-state index contributed by atoms with van der Waals surface area (Å²) < 4.78 is 5.67. The van der Waals surface area contributed by atoms with Crippen molar-refractivity contribution in [3.05, 3.63) is 40.8 Å². The van der Waals surface area contributed by atoms with Crippen molar-refractivity contribution in [1.82, 2.24) is 4.98 Å². The maximum atomic E-state index is 4.87. The van der Waals surface area contributed by atoms with Crippen LogP contribution in [0.1, 0.15) is 26.0 Å². The van der Waals surface area contributed by atoms with Crippen LogP contribution in [0.5, 0.6) is 0 Å². The molecular weight excluding hydrogens is 304 g/mol. The molecular formula is C15H21BrN2O. The van der Waals surface area contributed by atoms with Gasteiger partial charge in [-0.05, 0) is 28.1 Å². The molecule has 0 atom stereocenters. The lowest BCUT2D eigenvalue weighted by molar-refractivity contribution is 0.289. The number of methoxy groups -OCH3 is 1. The number of nitrogens with zero attached hydrogens (tertiary/aromatic N) is 2. The van der Waals surface area contributed by atoms with Gasteiger partial charge in [0.25, 0.3) is 0 Å². The predicted octanol–water partition coefficient (Wildman–Crippen LogP) is 4.09. The number of pyridine rings is 1. The fraction of sp³-hybridized carbons (Fsp3) is 0.333. The van der Waals surface area contributed by atoms with E-state index < -0.39 is 0 Å². The van der Waals surface area contributed by atoms with Gasteiger partial charge >= 0.3 is 0 Å². The topological polar surface area (TPSA) is 34.5 Å². The van der Waals surface area contributed by atoms with E-state index in [1.165, 1.54) is 6.42 Å². The molecule has 0 saturated carbocycles. The highest BCUT2D eigenvalue weighted by Gasteiger charge is 1.91. The molecule has 0 N–H and O–H groups in total. The van der Waals surface area contributed by atoms with Crippen LogP contribution in [-0.4, -0.2) is 24.9 Å². The number of aromatic nitrogens is 1. The van der Waals surface area contributed by atoms with Gasteiger partial charge in [-0.15, -0.1) is 12.8 Å². The molecule has 3 nitrogen and oxygen atoms in total. The molecule has 0 saturated heterocycles. The third-order valence-corrected chi connectivity index (χ3v) is 1.96. The molecule has 0 radical (unpaired) electrons. The highest BCUT2D eigenvalue weighted by Crippen LogP contribution is 2.04. The molecule has 1 rings (SSSR count). The average molecular weight is 325 g/mol. The molecule has 0 unspecified atom stereocenters. The van der Waals surface area contributed by atoms with E-state index in [9.17, 15) is 0 Å². The molecule has 0 amide bonds. The van der Waals surface area contributed by atoms with Crippen LogP contribution in [0.4, 0.5) is 0 Å². The molecule has 0 aliphatic carbocycles. The first-order valence-electron chi connectivity index (χ1n) is 5.81. The van der Waals surface area contributed by atoms with E-state index in [2.05, 4.69) is 59.2 Å². The fourth-order valence-electron chi connectivity index (χ4n) is 0.801. The number of terminal acetylenes is 1. The minimum Gasteiger partial charge on any atom is -0.500 e. The van der Waals surface area contributed by atoms with Crippen LogP contribution >= 0.6 is 15.9 Å². The zero-order valence-corrected chi connectivity index (χ0v) is 13.4. The summed E-state index contributed by atoms with van der Waals surface area (Å²) in [5.74, 6) is 0.635. The van der Waals surface area contributed by atoms with Crippen molar-refractivity contribution in [3.8, 4) is 12.8 Å². The Bertz CT molecular complexity index is 400. The van der Waals surface area contributed by atoms with Gasteiger partial charge in [0.05, 0.1) is 19.3 Å². The summed E-state index contributed by atoms with van der Waals surface area (Å²) in [6.07, 6.45) is 10.9. The molecule has 0 aliphatic heterocycles. The number of hydrogen-bond acceptors (Lipinski definition) is 3. The largest absolute Gasteiger partial charge is 0.500 e. The molecule has 1 aromatic rings. The van der Waals surface area contributed by atoms with Gasteiger partial charge in [-0.25, -0.2) is 4.98 Å². The van der Waals surface area contributed by atoms with E-state index in [-0.39, 0.29) is 0 Å². The van der Waals surface area contributed by atoms with Crippen LogP contribution < -0.4 is 0 Å². The number of halogens is 1. The lowest BCUT2D eigenvalue weighted by atomic mass is 10.4. The Morgan fingerprint density at radius 2 is 2.05 bits per heavy atom. The molecule has 4 heteroatoms. The number of rotatable bonds is 4. The van der Waals surface area contributed by atoms with Crippen LogP contribution in [0, 0.1) is 12.8 Å². The van der Waals surface area contributed by atoms with E-state index in [1.807, 2.05) is 18.2 Å². The number of ether oxygens (including phenoxy) is 1. The number of aliphatic imine (C=N–C) groups is 1. The second-order valence-corrected chi connectivity index (χ2v) is 4.12. The number of hydrogen-bond donors (Lipinski definition) is 0. The summed E-state index contributed by atoms with van der Waals surface area (Å²) in [5, 5.41) is 0. The average Bonchev–Trinajstić information content (AvgIpc) is 2.42.